The number of primary amides is 1. The van der Waals surface area contributed by atoms with Crippen LogP contribution in [0.2, 0.25) is 0 Å². The molecule has 8 N–H and O–H groups in total. The molecule has 0 aliphatic carbocycles. The smallest absolute Gasteiger partial charge is 0.326 e. The molecule has 0 aromatic heterocycles. The SMILES string of the molecule is CSCCC(NC(=O)C(N)Cc1ccccc1)C(=O)NC(CC(C)C)C(=O)NC(CC(N)=O)C(=O)O. The van der Waals surface area contributed by atoms with Crippen LogP contribution in [0.4, 0.5) is 0 Å². The van der Waals surface area contributed by atoms with E-state index in [0.29, 0.717) is 18.6 Å². The highest BCUT2D eigenvalue weighted by molar-refractivity contribution is 7.98. The second-order valence-corrected chi connectivity index (χ2v) is 9.89. The molecule has 4 atom stereocenters. The Labute approximate surface area is 215 Å². The van der Waals surface area contributed by atoms with Gasteiger partial charge in [-0.2, -0.15) is 11.8 Å². The van der Waals surface area contributed by atoms with Crippen molar-refractivity contribution in [1.29, 1.82) is 0 Å². The molecule has 36 heavy (non-hydrogen) atoms. The first-order valence-corrected chi connectivity index (χ1v) is 13.0. The van der Waals surface area contributed by atoms with Crippen LogP contribution < -0.4 is 27.4 Å². The molecular weight excluding hydrogens is 486 g/mol. The third kappa shape index (κ3) is 11.5. The summed E-state index contributed by atoms with van der Waals surface area (Å²) in [7, 11) is 0. The molecule has 0 spiro atoms. The summed E-state index contributed by atoms with van der Waals surface area (Å²) in [4.78, 5) is 61.3. The van der Waals surface area contributed by atoms with Crippen molar-refractivity contribution in [2.75, 3.05) is 12.0 Å². The summed E-state index contributed by atoms with van der Waals surface area (Å²) in [5, 5.41) is 16.9. The molecule has 0 radical (unpaired) electrons. The number of hydrogen-bond acceptors (Lipinski definition) is 7. The Morgan fingerprint density at radius 3 is 2.00 bits per heavy atom. The van der Waals surface area contributed by atoms with Crippen molar-refractivity contribution in [3.05, 3.63) is 35.9 Å². The van der Waals surface area contributed by atoms with Crippen molar-refractivity contribution in [1.82, 2.24) is 16.0 Å². The number of carbonyl (C=O) groups excluding carboxylic acids is 4. The number of carboxylic acids is 1. The molecule has 0 heterocycles. The van der Waals surface area contributed by atoms with Gasteiger partial charge in [-0.1, -0.05) is 44.2 Å². The monoisotopic (exact) mass is 523 g/mol. The van der Waals surface area contributed by atoms with Crippen LogP contribution in [-0.2, 0) is 30.4 Å². The zero-order chi connectivity index (χ0) is 27.3. The first-order chi connectivity index (χ1) is 16.9. The second-order valence-electron chi connectivity index (χ2n) is 8.90. The third-order valence-electron chi connectivity index (χ3n) is 5.24. The molecule has 0 saturated carbocycles. The molecule has 4 unspecified atom stereocenters. The van der Waals surface area contributed by atoms with Gasteiger partial charge in [-0.05, 0) is 42.8 Å². The van der Waals surface area contributed by atoms with Gasteiger partial charge in [0.1, 0.15) is 18.1 Å². The molecule has 0 aliphatic heterocycles. The van der Waals surface area contributed by atoms with Gasteiger partial charge in [0.05, 0.1) is 12.5 Å². The molecule has 1 rings (SSSR count). The van der Waals surface area contributed by atoms with Crippen LogP contribution in [0.1, 0.15) is 38.7 Å². The standard InChI is InChI=1S/C24H37N5O6S/c1-14(2)11-18(23(33)29-19(24(34)35)13-20(26)30)28-22(32)17(9-10-36-3)27-21(31)16(25)12-15-7-5-4-6-8-15/h4-8,14,16-19H,9-13,25H2,1-3H3,(H2,26,30)(H,27,31)(H,28,32)(H,29,33)(H,34,35). The highest BCUT2D eigenvalue weighted by Gasteiger charge is 2.31. The van der Waals surface area contributed by atoms with E-state index in [9.17, 15) is 29.1 Å². The van der Waals surface area contributed by atoms with E-state index >= 15 is 0 Å². The number of nitrogens with two attached hydrogens (primary N) is 2. The number of thioether (sulfide) groups is 1. The van der Waals surface area contributed by atoms with Crippen LogP contribution in [0, 0.1) is 5.92 Å². The van der Waals surface area contributed by atoms with Gasteiger partial charge < -0.3 is 32.5 Å². The summed E-state index contributed by atoms with van der Waals surface area (Å²) in [5.74, 6) is -3.63. The quantitative estimate of drug-likeness (QED) is 0.171. The average Bonchev–Trinajstić information content (AvgIpc) is 2.80. The van der Waals surface area contributed by atoms with Crippen molar-refractivity contribution in [2.45, 2.75) is 63.7 Å². The zero-order valence-corrected chi connectivity index (χ0v) is 21.7. The number of carboxylic acid groups (broad SMARTS) is 1. The van der Waals surface area contributed by atoms with Crippen LogP contribution >= 0.6 is 11.8 Å². The van der Waals surface area contributed by atoms with Crippen molar-refractivity contribution in [3.8, 4) is 0 Å². The van der Waals surface area contributed by atoms with E-state index in [-0.39, 0.29) is 12.3 Å². The number of benzene rings is 1. The van der Waals surface area contributed by atoms with Gasteiger partial charge in [-0.25, -0.2) is 4.79 Å². The average molecular weight is 524 g/mol. The Kier molecular flexibility index (Phi) is 13.6. The number of hydrogen-bond donors (Lipinski definition) is 6. The number of carbonyl (C=O) groups is 5. The Bertz CT molecular complexity index is 898. The maximum Gasteiger partial charge on any atom is 0.326 e. The Morgan fingerprint density at radius 1 is 0.917 bits per heavy atom. The predicted octanol–water partition coefficient (Wildman–Crippen LogP) is -0.230. The lowest BCUT2D eigenvalue weighted by Gasteiger charge is -2.26. The van der Waals surface area contributed by atoms with Crippen molar-refractivity contribution in [3.63, 3.8) is 0 Å². The molecule has 0 fully saturated rings. The highest BCUT2D eigenvalue weighted by Crippen LogP contribution is 2.09. The van der Waals surface area contributed by atoms with E-state index in [0.717, 1.165) is 5.56 Å². The van der Waals surface area contributed by atoms with Crippen LogP contribution in [0.15, 0.2) is 30.3 Å². The summed E-state index contributed by atoms with van der Waals surface area (Å²) in [6, 6.07) is 4.80. The van der Waals surface area contributed by atoms with E-state index in [1.54, 1.807) is 0 Å². The third-order valence-corrected chi connectivity index (χ3v) is 5.88. The van der Waals surface area contributed by atoms with Crippen molar-refractivity contribution < 1.29 is 29.1 Å². The van der Waals surface area contributed by atoms with Crippen LogP contribution in [0.25, 0.3) is 0 Å². The van der Waals surface area contributed by atoms with Crippen molar-refractivity contribution in [2.24, 2.45) is 17.4 Å². The van der Waals surface area contributed by atoms with Gasteiger partial charge in [0.25, 0.3) is 0 Å². The summed E-state index contributed by atoms with van der Waals surface area (Å²) in [6.07, 6.45) is 2.06. The highest BCUT2D eigenvalue weighted by atomic mass is 32.2. The van der Waals surface area contributed by atoms with E-state index in [1.807, 2.05) is 50.4 Å². The molecule has 1 aromatic carbocycles. The van der Waals surface area contributed by atoms with E-state index in [2.05, 4.69) is 16.0 Å². The van der Waals surface area contributed by atoms with Crippen molar-refractivity contribution >= 4 is 41.4 Å². The molecule has 11 nitrogen and oxygen atoms in total. The van der Waals surface area contributed by atoms with Gasteiger partial charge in [0.2, 0.25) is 23.6 Å². The normalized spacial score (nSPS) is 14.2. The predicted molar refractivity (Wildman–Crippen MR) is 138 cm³/mol. The number of rotatable bonds is 16. The molecule has 0 bridgehead atoms. The molecule has 4 amide bonds. The topological polar surface area (TPSA) is 194 Å². The van der Waals surface area contributed by atoms with E-state index in [1.165, 1.54) is 11.8 Å². The van der Waals surface area contributed by atoms with Gasteiger partial charge in [-0.3, -0.25) is 19.2 Å². The first-order valence-electron chi connectivity index (χ1n) is 11.6. The summed E-state index contributed by atoms with van der Waals surface area (Å²) < 4.78 is 0. The number of aliphatic carboxylic acids is 1. The lowest BCUT2D eigenvalue weighted by atomic mass is 10.0. The minimum absolute atomic E-state index is 0.0287. The van der Waals surface area contributed by atoms with Gasteiger partial charge in [0, 0.05) is 0 Å². The fraction of sp³-hybridized carbons (Fsp3) is 0.542. The maximum atomic E-state index is 13.1. The lowest BCUT2D eigenvalue weighted by molar-refractivity contribution is -0.143. The Morgan fingerprint density at radius 2 is 1.47 bits per heavy atom. The van der Waals surface area contributed by atoms with Gasteiger partial charge in [0.15, 0.2) is 0 Å². The fourth-order valence-electron chi connectivity index (χ4n) is 3.39. The van der Waals surface area contributed by atoms with Crippen LogP contribution in [-0.4, -0.2) is 70.9 Å². The van der Waals surface area contributed by atoms with Crippen LogP contribution in [0.5, 0.6) is 0 Å². The second kappa shape index (κ2) is 15.8. The summed E-state index contributed by atoms with van der Waals surface area (Å²) >= 11 is 1.49. The van der Waals surface area contributed by atoms with E-state index < -0.39 is 60.2 Å². The lowest BCUT2D eigenvalue weighted by Crippen LogP contribution is -2.57. The molecule has 0 aliphatic rings. The maximum absolute atomic E-state index is 13.1. The largest absolute Gasteiger partial charge is 0.480 e. The minimum Gasteiger partial charge on any atom is -0.480 e. The molecular formula is C24H37N5O6S. The van der Waals surface area contributed by atoms with Gasteiger partial charge in [-0.15, -0.1) is 0 Å². The summed E-state index contributed by atoms with van der Waals surface area (Å²) in [5.41, 5.74) is 12.0. The van der Waals surface area contributed by atoms with E-state index in [4.69, 9.17) is 11.5 Å². The number of amides is 4. The van der Waals surface area contributed by atoms with Gasteiger partial charge >= 0.3 is 5.97 Å². The molecule has 1 aromatic rings. The molecule has 0 saturated heterocycles. The molecule has 12 heteroatoms. The zero-order valence-electron chi connectivity index (χ0n) is 20.9. The van der Waals surface area contributed by atoms with Crippen LogP contribution in [0.3, 0.4) is 0 Å². The Balaban J connectivity index is 2.94. The fourth-order valence-corrected chi connectivity index (χ4v) is 3.86. The minimum atomic E-state index is -1.52. The Hall–Kier alpha value is -3.12. The summed E-state index contributed by atoms with van der Waals surface area (Å²) in [6.45, 7) is 3.67. The number of nitrogens with one attached hydrogen (secondary N) is 3. The first kappa shape index (κ1) is 30.9. The molecule has 200 valence electrons.